The molecule has 0 aliphatic carbocycles. The van der Waals surface area contributed by atoms with Crippen molar-refractivity contribution in [2.45, 2.75) is 20.0 Å². The number of ether oxygens (including phenoxy) is 1. The van der Waals surface area contributed by atoms with Crippen molar-refractivity contribution in [1.29, 1.82) is 0 Å². The first-order chi connectivity index (χ1) is 16.2. The highest BCUT2D eigenvalue weighted by Crippen LogP contribution is 2.22. The molecule has 9 nitrogen and oxygen atoms in total. The number of hydrogen-bond acceptors (Lipinski definition) is 9. The largest absolute Gasteiger partial charge is 0.497 e. The van der Waals surface area contributed by atoms with Crippen LogP contribution in [0, 0.1) is 6.92 Å². The van der Waals surface area contributed by atoms with Gasteiger partial charge in [-0.2, -0.15) is 9.97 Å². The van der Waals surface area contributed by atoms with Gasteiger partial charge in [0, 0.05) is 37.3 Å². The summed E-state index contributed by atoms with van der Waals surface area (Å²) in [6.07, 6.45) is 0. The van der Waals surface area contributed by atoms with Crippen LogP contribution < -0.4 is 4.74 Å². The molecule has 0 saturated carbocycles. The molecule has 170 valence electrons. The molecule has 3 heterocycles. The molecule has 0 atom stereocenters. The minimum atomic E-state index is 0.573. The van der Waals surface area contributed by atoms with Gasteiger partial charge in [0.2, 0.25) is 23.4 Å². The zero-order valence-corrected chi connectivity index (χ0v) is 18.8. The second-order valence-corrected chi connectivity index (χ2v) is 8.17. The lowest BCUT2D eigenvalue weighted by molar-refractivity contribution is 0.103. The molecule has 4 aromatic rings. The van der Waals surface area contributed by atoms with Gasteiger partial charge in [0.25, 0.3) is 0 Å². The highest BCUT2D eigenvalue weighted by molar-refractivity contribution is 5.57. The van der Waals surface area contributed by atoms with Crippen LogP contribution >= 0.6 is 0 Å². The normalized spacial score (nSPS) is 15.1. The van der Waals surface area contributed by atoms with E-state index in [1.165, 1.54) is 5.56 Å². The maximum Gasteiger partial charge on any atom is 0.241 e. The molecule has 2 aromatic carbocycles. The molecule has 1 aliphatic rings. The number of benzene rings is 2. The van der Waals surface area contributed by atoms with E-state index in [0.29, 0.717) is 36.5 Å². The fraction of sp³-hybridized carbons (Fsp3) is 0.333. The molecular weight excluding hydrogens is 420 g/mol. The van der Waals surface area contributed by atoms with Gasteiger partial charge in [-0.05, 0) is 19.1 Å². The number of hydrogen-bond donors (Lipinski definition) is 0. The highest BCUT2D eigenvalue weighted by Gasteiger charge is 2.21. The number of nitrogens with zero attached hydrogens (tertiary/aromatic N) is 6. The van der Waals surface area contributed by atoms with Crippen molar-refractivity contribution in [3.05, 3.63) is 65.9 Å². The van der Waals surface area contributed by atoms with Gasteiger partial charge in [-0.15, -0.1) is 0 Å². The van der Waals surface area contributed by atoms with Gasteiger partial charge >= 0.3 is 0 Å². The van der Waals surface area contributed by atoms with E-state index in [-0.39, 0.29) is 0 Å². The van der Waals surface area contributed by atoms with Gasteiger partial charge in [-0.1, -0.05) is 52.3 Å². The van der Waals surface area contributed by atoms with Gasteiger partial charge < -0.3 is 13.8 Å². The van der Waals surface area contributed by atoms with Crippen molar-refractivity contribution in [3.63, 3.8) is 0 Å². The molecule has 5 rings (SSSR count). The van der Waals surface area contributed by atoms with E-state index in [0.717, 1.165) is 43.1 Å². The molecule has 1 saturated heterocycles. The highest BCUT2D eigenvalue weighted by atomic mass is 16.5. The topological polar surface area (TPSA) is 93.6 Å². The molecular formula is C24H26N6O3. The molecule has 33 heavy (non-hydrogen) atoms. The molecule has 2 aromatic heterocycles. The van der Waals surface area contributed by atoms with Crippen molar-refractivity contribution in [1.82, 2.24) is 30.1 Å². The Morgan fingerprint density at radius 3 is 1.94 bits per heavy atom. The van der Waals surface area contributed by atoms with Crippen LogP contribution in [-0.2, 0) is 13.1 Å². The average Bonchev–Trinajstić information content (AvgIpc) is 3.51. The Morgan fingerprint density at radius 2 is 1.36 bits per heavy atom. The van der Waals surface area contributed by atoms with E-state index in [2.05, 4.69) is 37.0 Å². The first-order valence-corrected chi connectivity index (χ1v) is 11.0. The number of aromatic nitrogens is 4. The maximum atomic E-state index is 5.48. The standard InChI is InChI=1S/C24H26N6O3/c1-17-6-8-18(9-7-17)23-25-21(32-27-23)15-29-10-12-30(13-11-29)16-22-26-24(28-33-22)19-4-3-5-20(14-19)31-2/h3-9,14H,10-13,15-16H2,1-2H3. The summed E-state index contributed by atoms with van der Waals surface area (Å²) in [5.74, 6) is 3.22. The van der Waals surface area contributed by atoms with E-state index in [9.17, 15) is 0 Å². The smallest absolute Gasteiger partial charge is 0.241 e. The number of rotatable bonds is 7. The van der Waals surface area contributed by atoms with Crippen LogP contribution in [0.2, 0.25) is 0 Å². The van der Waals surface area contributed by atoms with E-state index < -0.39 is 0 Å². The maximum absolute atomic E-state index is 5.48. The summed E-state index contributed by atoms with van der Waals surface area (Å²) in [4.78, 5) is 13.7. The number of methoxy groups -OCH3 is 1. The van der Waals surface area contributed by atoms with Crippen molar-refractivity contribution in [3.8, 4) is 28.5 Å². The van der Waals surface area contributed by atoms with Crippen molar-refractivity contribution < 1.29 is 13.8 Å². The molecule has 0 N–H and O–H groups in total. The summed E-state index contributed by atoms with van der Waals surface area (Å²) in [7, 11) is 1.64. The van der Waals surface area contributed by atoms with Gasteiger partial charge in [0.05, 0.1) is 20.2 Å². The fourth-order valence-corrected chi connectivity index (χ4v) is 3.83. The molecule has 1 fully saturated rings. The first-order valence-electron chi connectivity index (χ1n) is 11.0. The lowest BCUT2D eigenvalue weighted by Crippen LogP contribution is -2.45. The first kappa shape index (κ1) is 21.3. The number of aryl methyl sites for hydroxylation is 1. The minimum Gasteiger partial charge on any atom is -0.497 e. The van der Waals surface area contributed by atoms with Crippen LogP contribution in [0.4, 0.5) is 0 Å². The summed E-state index contributed by atoms with van der Waals surface area (Å²) in [5, 5.41) is 8.26. The fourth-order valence-electron chi connectivity index (χ4n) is 3.83. The van der Waals surface area contributed by atoms with Crippen LogP contribution in [0.5, 0.6) is 5.75 Å². The molecule has 0 unspecified atom stereocenters. The summed E-state index contributed by atoms with van der Waals surface area (Å²) >= 11 is 0. The Kier molecular flexibility index (Phi) is 6.14. The van der Waals surface area contributed by atoms with Crippen molar-refractivity contribution >= 4 is 0 Å². The van der Waals surface area contributed by atoms with Gasteiger partial charge in [0.15, 0.2) is 0 Å². The van der Waals surface area contributed by atoms with Crippen LogP contribution in [0.1, 0.15) is 17.3 Å². The third-order valence-corrected chi connectivity index (χ3v) is 5.76. The molecule has 0 bridgehead atoms. The Hall–Kier alpha value is -3.56. The van der Waals surface area contributed by atoms with Gasteiger partial charge in [-0.3, -0.25) is 9.80 Å². The molecule has 1 aliphatic heterocycles. The summed E-state index contributed by atoms with van der Waals surface area (Å²) in [6, 6.07) is 15.8. The minimum absolute atomic E-state index is 0.573. The Bertz CT molecular complexity index is 1190. The second-order valence-electron chi connectivity index (χ2n) is 8.17. The molecule has 0 spiro atoms. The van der Waals surface area contributed by atoms with Crippen LogP contribution in [-0.4, -0.2) is 63.4 Å². The lowest BCUT2D eigenvalue weighted by atomic mass is 10.1. The van der Waals surface area contributed by atoms with Crippen molar-refractivity contribution in [2.75, 3.05) is 33.3 Å². The Morgan fingerprint density at radius 1 is 0.788 bits per heavy atom. The summed E-state index contributed by atoms with van der Waals surface area (Å²) in [6.45, 7) is 6.93. The molecule has 9 heteroatoms. The third kappa shape index (κ3) is 5.10. The predicted molar refractivity (Wildman–Crippen MR) is 121 cm³/mol. The third-order valence-electron chi connectivity index (χ3n) is 5.76. The second kappa shape index (κ2) is 9.51. The Labute approximate surface area is 192 Å². The predicted octanol–water partition coefficient (Wildman–Crippen LogP) is 3.42. The van der Waals surface area contributed by atoms with E-state index in [1.54, 1.807) is 7.11 Å². The van der Waals surface area contributed by atoms with Crippen molar-refractivity contribution in [2.24, 2.45) is 0 Å². The quantitative estimate of drug-likeness (QED) is 0.423. The molecule has 0 radical (unpaired) electrons. The lowest BCUT2D eigenvalue weighted by Gasteiger charge is -2.32. The number of piperazine rings is 1. The summed E-state index contributed by atoms with van der Waals surface area (Å²) < 4.78 is 16.2. The van der Waals surface area contributed by atoms with E-state index in [1.807, 2.05) is 48.5 Å². The SMILES string of the molecule is COc1cccc(-c2noc(CN3CCN(Cc4nc(-c5ccc(C)cc5)no4)CC3)n2)c1. The monoisotopic (exact) mass is 446 g/mol. The average molecular weight is 447 g/mol. The zero-order chi connectivity index (χ0) is 22.6. The Balaban J connectivity index is 1.13. The van der Waals surface area contributed by atoms with Crippen LogP contribution in [0.3, 0.4) is 0 Å². The zero-order valence-electron chi connectivity index (χ0n) is 18.8. The van der Waals surface area contributed by atoms with Crippen LogP contribution in [0.25, 0.3) is 22.8 Å². The van der Waals surface area contributed by atoms with Gasteiger partial charge in [-0.25, -0.2) is 0 Å². The van der Waals surface area contributed by atoms with Crippen LogP contribution in [0.15, 0.2) is 57.6 Å². The van der Waals surface area contributed by atoms with Gasteiger partial charge in [0.1, 0.15) is 5.75 Å². The molecule has 0 amide bonds. The van der Waals surface area contributed by atoms with E-state index >= 15 is 0 Å². The summed E-state index contributed by atoms with van der Waals surface area (Å²) in [5.41, 5.74) is 3.05. The van der Waals surface area contributed by atoms with E-state index in [4.69, 9.17) is 13.8 Å².